The Morgan fingerprint density at radius 3 is 2.34 bits per heavy atom. The van der Waals surface area contributed by atoms with Gasteiger partial charge in [0.1, 0.15) is 0 Å². The maximum atomic E-state index is 13.2. The summed E-state index contributed by atoms with van der Waals surface area (Å²) in [5.74, 6) is -4.81. The van der Waals surface area contributed by atoms with Crippen molar-refractivity contribution in [2.45, 2.75) is 6.92 Å². The Balaban J connectivity index is 1.85. The molecule has 2 heterocycles. The number of benzene rings is 2. The number of aromatic nitrogens is 1. The maximum absolute atomic E-state index is 13.2. The van der Waals surface area contributed by atoms with E-state index in [9.17, 15) is 24.6 Å². The molecule has 2 aromatic heterocycles. The van der Waals surface area contributed by atoms with Crippen LogP contribution in [0.5, 0.6) is 5.75 Å². The quantitative estimate of drug-likeness (QED) is 0.259. The summed E-state index contributed by atoms with van der Waals surface area (Å²) in [6.45, 7) is 1.45. The van der Waals surface area contributed by atoms with E-state index in [2.05, 4.69) is 4.98 Å². The van der Waals surface area contributed by atoms with Gasteiger partial charge in [-0.15, -0.1) is 0 Å². The van der Waals surface area contributed by atoms with Crippen molar-refractivity contribution in [2.75, 3.05) is 0 Å². The molecule has 0 aliphatic carbocycles. The number of ketones is 1. The zero-order valence-electron chi connectivity index (χ0n) is 16.7. The van der Waals surface area contributed by atoms with Gasteiger partial charge in [-0.3, -0.25) is 4.79 Å². The number of hydrogen-bond acceptors (Lipinski definition) is 5. The van der Waals surface area contributed by atoms with Crippen LogP contribution in [0.1, 0.15) is 39.2 Å². The van der Waals surface area contributed by atoms with Crippen LogP contribution in [-0.4, -0.2) is 38.0 Å². The SMILES string of the molecule is CC(=Cc1cccc2c(C(=O)c3oc(C(=O)O)c(-c4ccccc4)c3O)c[nH]c12)C(=O)O. The molecule has 2 aromatic carbocycles. The Labute approximate surface area is 181 Å². The number of carboxylic acid groups (broad SMARTS) is 2. The second-order valence-corrected chi connectivity index (χ2v) is 7.09. The standard InChI is InChI=1S/C24H17NO7/c1-12(23(28)29)10-14-8-5-9-15-16(11-25-18(14)15)19(26)22-20(27)17(21(32-22)24(30)31)13-6-3-2-4-7-13/h2-11,25,27H,1H3,(H,28,29)(H,30,31). The van der Waals surface area contributed by atoms with Crippen molar-refractivity contribution in [1.29, 1.82) is 0 Å². The molecule has 8 nitrogen and oxygen atoms in total. The number of aromatic carboxylic acids is 1. The molecule has 8 heteroatoms. The third-order valence-corrected chi connectivity index (χ3v) is 5.05. The number of nitrogens with one attached hydrogen (secondary N) is 1. The van der Waals surface area contributed by atoms with Crippen molar-refractivity contribution < 1.29 is 34.1 Å². The van der Waals surface area contributed by atoms with Crippen molar-refractivity contribution in [2.24, 2.45) is 0 Å². The van der Waals surface area contributed by atoms with Crippen LogP contribution in [0.2, 0.25) is 0 Å². The van der Waals surface area contributed by atoms with Gasteiger partial charge >= 0.3 is 11.9 Å². The van der Waals surface area contributed by atoms with E-state index in [0.717, 1.165) is 0 Å². The Kier molecular flexibility index (Phi) is 5.11. The number of hydrogen-bond donors (Lipinski definition) is 4. The number of rotatable bonds is 6. The smallest absolute Gasteiger partial charge is 0.372 e. The molecule has 160 valence electrons. The molecule has 4 aromatic rings. The van der Waals surface area contributed by atoms with Crippen molar-refractivity contribution in [3.8, 4) is 16.9 Å². The summed E-state index contributed by atoms with van der Waals surface area (Å²) in [6.07, 6.45) is 2.88. The monoisotopic (exact) mass is 431 g/mol. The van der Waals surface area contributed by atoms with Gasteiger partial charge in [-0.05, 0) is 24.1 Å². The molecule has 0 aliphatic rings. The van der Waals surface area contributed by atoms with Gasteiger partial charge in [0.15, 0.2) is 5.75 Å². The fraction of sp³-hybridized carbons (Fsp3) is 0.0417. The number of H-pyrrole nitrogens is 1. The van der Waals surface area contributed by atoms with Gasteiger partial charge in [0.2, 0.25) is 17.3 Å². The number of aromatic amines is 1. The highest BCUT2D eigenvalue weighted by atomic mass is 16.4. The van der Waals surface area contributed by atoms with Crippen LogP contribution in [0.25, 0.3) is 28.1 Å². The van der Waals surface area contributed by atoms with Crippen molar-refractivity contribution in [3.05, 3.63) is 82.9 Å². The molecule has 32 heavy (non-hydrogen) atoms. The fourth-order valence-electron chi connectivity index (χ4n) is 3.50. The van der Waals surface area contributed by atoms with Crippen molar-refractivity contribution >= 4 is 34.7 Å². The van der Waals surface area contributed by atoms with Crippen LogP contribution in [0.3, 0.4) is 0 Å². The Morgan fingerprint density at radius 2 is 1.69 bits per heavy atom. The van der Waals surface area contributed by atoms with Crippen LogP contribution in [-0.2, 0) is 4.79 Å². The predicted octanol–water partition coefficient (Wildman–Crippen LogP) is 4.55. The van der Waals surface area contributed by atoms with Gasteiger partial charge in [-0.2, -0.15) is 0 Å². The number of carbonyl (C=O) groups is 3. The summed E-state index contributed by atoms with van der Waals surface area (Å²) in [5.41, 5.74) is 1.64. The van der Waals surface area contributed by atoms with Crippen LogP contribution < -0.4 is 0 Å². The zero-order valence-corrected chi connectivity index (χ0v) is 16.7. The number of fused-ring (bicyclic) bond motifs is 1. The highest BCUT2D eigenvalue weighted by Gasteiger charge is 2.31. The minimum absolute atomic E-state index is 0.0815. The molecule has 0 aliphatic heterocycles. The molecule has 0 unspecified atom stereocenters. The van der Waals surface area contributed by atoms with E-state index in [-0.39, 0.29) is 16.7 Å². The van der Waals surface area contributed by atoms with Gasteiger partial charge in [0.05, 0.1) is 16.6 Å². The largest absolute Gasteiger partial charge is 0.504 e. The van der Waals surface area contributed by atoms with E-state index in [1.807, 2.05) is 0 Å². The first-order chi connectivity index (χ1) is 15.3. The van der Waals surface area contributed by atoms with E-state index in [0.29, 0.717) is 22.0 Å². The fourth-order valence-corrected chi connectivity index (χ4v) is 3.50. The topological polar surface area (TPSA) is 141 Å². The molecule has 0 radical (unpaired) electrons. The first-order valence-corrected chi connectivity index (χ1v) is 9.50. The average molecular weight is 431 g/mol. The predicted molar refractivity (Wildman–Crippen MR) is 116 cm³/mol. The van der Waals surface area contributed by atoms with Gasteiger partial charge in [-0.25, -0.2) is 9.59 Å². The molecular weight excluding hydrogens is 414 g/mol. The summed E-state index contributed by atoms with van der Waals surface area (Å²) in [5, 5.41) is 29.9. The van der Waals surface area contributed by atoms with Crippen molar-refractivity contribution in [1.82, 2.24) is 4.98 Å². The molecule has 0 amide bonds. The molecule has 0 atom stereocenters. The second kappa shape index (κ2) is 7.92. The van der Waals surface area contributed by atoms with Gasteiger partial charge in [0, 0.05) is 17.2 Å². The van der Waals surface area contributed by atoms with Gasteiger partial charge < -0.3 is 24.7 Å². The first-order valence-electron chi connectivity index (χ1n) is 9.50. The first kappa shape index (κ1) is 20.7. The zero-order chi connectivity index (χ0) is 23.0. The molecule has 4 rings (SSSR count). The van der Waals surface area contributed by atoms with E-state index < -0.39 is 35.0 Å². The molecule has 0 fully saturated rings. The Hall–Kier alpha value is -4.59. The Bertz CT molecular complexity index is 1410. The number of carboxylic acids is 2. The summed E-state index contributed by atoms with van der Waals surface area (Å²) in [6, 6.07) is 13.3. The summed E-state index contributed by atoms with van der Waals surface area (Å²) in [4.78, 5) is 39.0. The lowest BCUT2D eigenvalue weighted by Crippen LogP contribution is -1.99. The molecular formula is C24H17NO7. The Morgan fingerprint density at radius 1 is 0.969 bits per heavy atom. The highest BCUT2D eigenvalue weighted by molar-refractivity contribution is 6.18. The van der Waals surface area contributed by atoms with Crippen LogP contribution >= 0.6 is 0 Å². The molecule has 0 bridgehead atoms. The molecule has 0 spiro atoms. The minimum Gasteiger partial charge on any atom is -0.504 e. The van der Waals surface area contributed by atoms with E-state index in [1.54, 1.807) is 48.5 Å². The summed E-state index contributed by atoms with van der Waals surface area (Å²) >= 11 is 0. The highest BCUT2D eigenvalue weighted by Crippen LogP contribution is 2.40. The van der Waals surface area contributed by atoms with Gasteiger partial charge in [-0.1, -0.05) is 48.5 Å². The second-order valence-electron chi connectivity index (χ2n) is 7.09. The van der Waals surface area contributed by atoms with Gasteiger partial charge in [0.25, 0.3) is 0 Å². The maximum Gasteiger partial charge on any atom is 0.372 e. The third-order valence-electron chi connectivity index (χ3n) is 5.05. The molecule has 0 saturated carbocycles. The van der Waals surface area contributed by atoms with Crippen molar-refractivity contribution in [3.63, 3.8) is 0 Å². The number of furan rings is 1. The lowest BCUT2D eigenvalue weighted by molar-refractivity contribution is -0.132. The lowest BCUT2D eigenvalue weighted by atomic mass is 10.0. The minimum atomic E-state index is -1.42. The third kappa shape index (κ3) is 3.43. The number of carbonyl (C=O) groups excluding carboxylic acids is 1. The summed E-state index contributed by atoms with van der Waals surface area (Å²) in [7, 11) is 0. The van der Waals surface area contributed by atoms with Crippen LogP contribution in [0, 0.1) is 0 Å². The normalized spacial score (nSPS) is 11.6. The van der Waals surface area contributed by atoms with Crippen LogP contribution in [0.15, 0.2) is 64.7 Å². The molecule has 4 N–H and O–H groups in total. The number of aliphatic carboxylic acids is 1. The summed E-state index contributed by atoms with van der Waals surface area (Å²) < 4.78 is 5.32. The average Bonchev–Trinajstić information content (AvgIpc) is 3.36. The van der Waals surface area contributed by atoms with Crippen LogP contribution in [0.4, 0.5) is 0 Å². The van der Waals surface area contributed by atoms with E-state index >= 15 is 0 Å². The number of para-hydroxylation sites is 1. The number of aromatic hydroxyl groups is 1. The molecule has 0 saturated heterocycles. The van der Waals surface area contributed by atoms with E-state index in [1.165, 1.54) is 19.2 Å². The lowest BCUT2D eigenvalue weighted by Gasteiger charge is -2.01. The van der Waals surface area contributed by atoms with E-state index in [4.69, 9.17) is 9.52 Å².